The van der Waals surface area contributed by atoms with Gasteiger partial charge in [-0.1, -0.05) is 0 Å². The summed E-state index contributed by atoms with van der Waals surface area (Å²) in [5.41, 5.74) is 0. The van der Waals surface area contributed by atoms with E-state index < -0.39 is 40.2 Å². The number of hydrogen-bond acceptors (Lipinski definition) is 5. The lowest BCUT2D eigenvalue weighted by Crippen LogP contribution is -2.43. The highest BCUT2D eigenvalue weighted by molar-refractivity contribution is 7.89. The first kappa shape index (κ1) is 15.8. The van der Waals surface area contributed by atoms with E-state index in [9.17, 15) is 18.0 Å². The van der Waals surface area contributed by atoms with E-state index in [0.717, 1.165) is 0 Å². The second-order valence-electron chi connectivity index (χ2n) is 3.12. The van der Waals surface area contributed by atoms with Gasteiger partial charge in [0, 0.05) is 6.61 Å². The third-order valence-corrected chi connectivity index (χ3v) is 3.05. The van der Waals surface area contributed by atoms with Crippen molar-refractivity contribution in [1.82, 2.24) is 4.72 Å². The number of carbonyl (C=O) groups is 2. The molecule has 0 rings (SSSR count). The first-order valence-corrected chi connectivity index (χ1v) is 6.46. The Labute approximate surface area is 98.6 Å². The number of aliphatic carboxylic acids is 2. The lowest BCUT2D eigenvalue weighted by Gasteiger charge is -2.12. The van der Waals surface area contributed by atoms with E-state index in [1.807, 2.05) is 0 Å². The predicted molar refractivity (Wildman–Crippen MR) is 57.1 cm³/mol. The van der Waals surface area contributed by atoms with Gasteiger partial charge in [-0.15, -0.1) is 0 Å². The quantitative estimate of drug-likeness (QED) is 0.451. The second kappa shape index (κ2) is 7.20. The van der Waals surface area contributed by atoms with Gasteiger partial charge in [0.2, 0.25) is 10.0 Å². The van der Waals surface area contributed by atoms with E-state index in [1.165, 1.54) is 0 Å². The Kier molecular flexibility index (Phi) is 6.69. The van der Waals surface area contributed by atoms with Crippen LogP contribution in [0.5, 0.6) is 0 Å². The molecule has 0 saturated carbocycles. The summed E-state index contributed by atoms with van der Waals surface area (Å²) in [4.78, 5) is 21.0. The fraction of sp³-hybridized carbons (Fsp3) is 0.750. The van der Waals surface area contributed by atoms with Gasteiger partial charge in [-0.25, -0.2) is 13.1 Å². The predicted octanol–water partition coefficient (Wildman–Crippen LogP) is -1.13. The average Bonchev–Trinajstić information content (AvgIpc) is 2.15. The van der Waals surface area contributed by atoms with Crippen molar-refractivity contribution in [1.29, 1.82) is 0 Å². The molecule has 3 N–H and O–H groups in total. The van der Waals surface area contributed by atoms with Crippen LogP contribution in [0.3, 0.4) is 0 Å². The molecule has 0 heterocycles. The molecule has 1 atom stereocenters. The molecular formula is C8H15NO7S. The highest BCUT2D eigenvalue weighted by Gasteiger charge is 2.26. The summed E-state index contributed by atoms with van der Waals surface area (Å²) in [6.07, 6.45) is -0.816. The first-order chi connectivity index (χ1) is 7.78. The standard InChI is InChI=1S/C8H15NO7S/c1-2-16-3-4-17(14,15)9-6(8(12)13)5-7(10)11/h6,9H,2-5H2,1H3,(H,10,11)(H,12,13). The van der Waals surface area contributed by atoms with Gasteiger partial charge >= 0.3 is 11.9 Å². The molecule has 0 saturated heterocycles. The molecule has 9 heteroatoms. The van der Waals surface area contributed by atoms with E-state index in [-0.39, 0.29) is 6.61 Å². The number of carboxylic acid groups (broad SMARTS) is 2. The number of carboxylic acids is 2. The summed E-state index contributed by atoms with van der Waals surface area (Å²) in [5, 5.41) is 17.1. The highest BCUT2D eigenvalue weighted by atomic mass is 32.2. The molecule has 0 fully saturated rings. The molecule has 17 heavy (non-hydrogen) atoms. The maximum Gasteiger partial charge on any atom is 0.322 e. The van der Waals surface area contributed by atoms with E-state index in [4.69, 9.17) is 14.9 Å². The summed E-state index contributed by atoms with van der Waals surface area (Å²) in [5.74, 6) is -3.35. The molecule has 0 aromatic rings. The normalized spacial score (nSPS) is 13.2. The molecule has 0 radical (unpaired) electrons. The van der Waals surface area contributed by atoms with Gasteiger partial charge < -0.3 is 14.9 Å². The zero-order chi connectivity index (χ0) is 13.5. The SMILES string of the molecule is CCOCCS(=O)(=O)NC(CC(=O)O)C(=O)O. The van der Waals surface area contributed by atoms with Crippen LogP contribution in [-0.2, 0) is 24.3 Å². The molecule has 0 aromatic heterocycles. The van der Waals surface area contributed by atoms with Crippen molar-refractivity contribution in [2.75, 3.05) is 19.0 Å². The summed E-state index contributed by atoms with van der Waals surface area (Å²) >= 11 is 0. The van der Waals surface area contributed by atoms with Gasteiger partial charge in [0.1, 0.15) is 6.04 Å². The minimum absolute atomic E-state index is 0.0781. The Bertz CT molecular complexity index is 364. The Hall–Kier alpha value is -1.19. The van der Waals surface area contributed by atoms with Gasteiger partial charge in [0.15, 0.2) is 0 Å². The fourth-order valence-corrected chi connectivity index (χ4v) is 2.02. The molecule has 0 spiro atoms. The fourth-order valence-electron chi connectivity index (χ4n) is 0.943. The number of nitrogens with one attached hydrogen (secondary N) is 1. The lowest BCUT2D eigenvalue weighted by atomic mass is 10.2. The Balaban J connectivity index is 4.42. The average molecular weight is 269 g/mol. The van der Waals surface area contributed by atoms with E-state index in [2.05, 4.69) is 0 Å². The molecule has 100 valence electrons. The summed E-state index contributed by atoms with van der Waals surface area (Å²) in [6.45, 7) is 1.95. The summed E-state index contributed by atoms with van der Waals surface area (Å²) in [7, 11) is -3.86. The van der Waals surface area contributed by atoms with Crippen LogP contribution in [0.25, 0.3) is 0 Å². The third kappa shape index (κ3) is 7.66. The van der Waals surface area contributed by atoms with E-state index >= 15 is 0 Å². The molecule has 0 bridgehead atoms. The van der Waals surface area contributed by atoms with Crippen LogP contribution in [-0.4, -0.2) is 55.6 Å². The van der Waals surface area contributed by atoms with Crippen LogP contribution in [0, 0.1) is 0 Å². The molecule has 0 aliphatic carbocycles. The summed E-state index contributed by atoms with van der Waals surface area (Å²) in [6, 6.07) is -1.67. The smallest absolute Gasteiger partial charge is 0.322 e. The van der Waals surface area contributed by atoms with E-state index in [1.54, 1.807) is 11.6 Å². The Morgan fingerprint density at radius 2 is 1.94 bits per heavy atom. The van der Waals surface area contributed by atoms with Crippen LogP contribution in [0.15, 0.2) is 0 Å². The number of sulfonamides is 1. The number of ether oxygens (including phenoxy) is 1. The number of rotatable bonds is 9. The topological polar surface area (TPSA) is 130 Å². The van der Waals surface area contributed by atoms with Gasteiger partial charge in [0.25, 0.3) is 0 Å². The van der Waals surface area contributed by atoms with Crippen LogP contribution < -0.4 is 4.72 Å². The van der Waals surface area contributed by atoms with Crippen molar-refractivity contribution < 1.29 is 33.0 Å². The Morgan fingerprint density at radius 3 is 2.35 bits per heavy atom. The molecular weight excluding hydrogens is 254 g/mol. The van der Waals surface area contributed by atoms with Gasteiger partial charge in [0.05, 0.1) is 18.8 Å². The minimum Gasteiger partial charge on any atom is -0.481 e. The lowest BCUT2D eigenvalue weighted by molar-refractivity contribution is -0.145. The van der Waals surface area contributed by atoms with Crippen LogP contribution in [0.1, 0.15) is 13.3 Å². The van der Waals surface area contributed by atoms with Gasteiger partial charge in [-0.3, -0.25) is 9.59 Å². The van der Waals surface area contributed by atoms with Crippen molar-refractivity contribution >= 4 is 22.0 Å². The van der Waals surface area contributed by atoms with Crippen molar-refractivity contribution in [3.63, 3.8) is 0 Å². The highest BCUT2D eigenvalue weighted by Crippen LogP contribution is 1.97. The summed E-state index contributed by atoms with van der Waals surface area (Å²) < 4.78 is 29.3. The van der Waals surface area contributed by atoms with Crippen molar-refractivity contribution in [3.05, 3.63) is 0 Å². The largest absolute Gasteiger partial charge is 0.481 e. The van der Waals surface area contributed by atoms with Crippen molar-refractivity contribution in [2.45, 2.75) is 19.4 Å². The molecule has 1 unspecified atom stereocenters. The Morgan fingerprint density at radius 1 is 1.35 bits per heavy atom. The maximum absolute atomic E-state index is 11.4. The molecule has 0 amide bonds. The van der Waals surface area contributed by atoms with E-state index in [0.29, 0.717) is 6.61 Å². The number of hydrogen-bond donors (Lipinski definition) is 3. The second-order valence-corrected chi connectivity index (χ2v) is 5.00. The third-order valence-electron chi connectivity index (χ3n) is 1.70. The molecule has 0 aliphatic rings. The van der Waals surface area contributed by atoms with Crippen LogP contribution in [0.2, 0.25) is 0 Å². The molecule has 8 nitrogen and oxygen atoms in total. The van der Waals surface area contributed by atoms with Gasteiger partial charge in [-0.2, -0.15) is 0 Å². The minimum atomic E-state index is -3.86. The maximum atomic E-state index is 11.4. The van der Waals surface area contributed by atoms with Crippen molar-refractivity contribution in [2.24, 2.45) is 0 Å². The first-order valence-electron chi connectivity index (χ1n) is 4.81. The zero-order valence-electron chi connectivity index (χ0n) is 9.25. The van der Waals surface area contributed by atoms with Crippen LogP contribution in [0.4, 0.5) is 0 Å². The molecule has 0 aliphatic heterocycles. The zero-order valence-corrected chi connectivity index (χ0v) is 10.1. The monoisotopic (exact) mass is 269 g/mol. The van der Waals surface area contributed by atoms with Crippen LogP contribution >= 0.6 is 0 Å². The molecule has 0 aromatic carbocycles. The van der Waals surface area contributed by atoms with Gasteiger partial charge in [-0.05, 0) is 6.92 Å². The van der Waals surface area contributed by atoms with Crippen molar-refractivity contribution in [3.8, 4) is 0 Å².